The number of carbonyl (C=O) groups excluding carboxylic acids is 1. The van der Waals surface area contributed by atoms with Crippen LogP contribution in [-0.2, 0) is 20.9 Å². The van der Waals surface area contributed by atoms with Gasteiger partial charge in [0.2, 0.25) is 0 Å². The SMILES string of the molecule is CCC1COC(C2CC(c3cc(C(=O)NCc4ccc(F)c(C)c4)nc(C)n3)=NO2)CO1. The van der Waals surface area contributed by atoms with Crippen molar-refractivity contribution in [3.63, 3.8) is 0 Å². The van der Waals surface area contributed by atoms with Crippen LogP contribution in [-0.4, -0.2) is 53.1 Å². The van der Waals surface area contributed by atoms with Gasteiger partial charge in [0.25, 0.3) is 5.91 Å². The van der Waals surface area contributed by atoms with Gasteiger partial charge in [0.1, 0.15) is 29.2 Å². The Morgan fingerprint density at radius 1 is 1.16 bits per heavy atom. The first-order chi connectivity index (χ1) is 15.4. The fourth-order valence-electron chi connectivity index (χ4n) is 3.68. The van der Waals surface area contributed by atoms with Crippen LogP contribution in [0, 0.1) is 19.7 Å². The summed E-state index contributed by atoms with van der Waals surface area (Å²) in [7, 11) is 0. The van der Waals surface area contributed by atoms with Crippen LogP contribution in [0.2, 0.25) is 0 Å². The Kier molecular flexibility index (Phi) is 6.76. The van der Waals surface area contributed by atoms with Gasteiger partial charge in [0.15, 0.2) is 6.10 Å². The lowest BCUT2D eigenvalue weighted by molar-refractivity contribution is -0.171. The second-order valence-corrected chi connectivity index (χ2v) is 8.07. The van der Waals surface area contributed by atoms with E-state index in [0.29, 0.717) is 42.4 Å². The van der Waals surface area contributed by atoms with Crippen molar-refractivity contribution in [2.24, 2.45) is 5.16 Å². The van der Waals surface area contributed by atoms with Crippen molar-refractivity contribution in [3.05, 3.63) is 58.4 Å². The van der Waals surface area contributed by atoms with E-state index < -0.39 is 0 Å². The number of nitrogens with zero attached hydrogens (tertiary/aromatic N) is 3. The average Bonchev–Trinajstić information content (AvgIpc) is 3.30. The largest absolute Gasteiger partial charge is 0.389 e. The highest BCUT2D eigenvalue weighted by Crippen LogP contribution is 2.23. The zero-order valence-corrected chi connectivity index (χ0v) is 18.4. The molecule has 170 valence electrons. The van der Waals surface area contributed by atoms with Crippen LogP contribution in [0.3, 0.4) is 0 Å². The third kappa shape index (κ3) is 5.11. The molecule has 1 aromatic heterocycles. The van der Waals surface area contributed by atoms with Crippen LogP contribution >= 0.6 is 0 Å². The van der Waals surface area contributed by atoms with Crippen molar-refractivity contribution >= 4 is 11.6 Å². The first-order valence-electron chi connectivity index (χ1n) is 10.8. The highest BCUT2D eigenvalue weighted by Gasteiger charge is 2.35. The van der Waals surface area contributed by atoms with E-state index in [1.54, 1.807) is 32.0 Å². The lowest BCUT2D eigenvalue weighted by Gasteiger charge is -2.31. The number of aryl methyl sites for hydroxylation is 2. The van der Waals surface area contributed by atoms with E-state index in [1.807, 2.05) is 0 Å². The molecular weight excluding hydrogens is 415 g/mol. The summed E-state index contributed by atoms with van der Waals surface area (Å²) in [5, 5.41) is 7.00. The number of hydrogen-bond donors (Lipinski definition) is 1. The molecule has 4 rings (SSSR count). The minimum atomic E-state index is -0.343. The number of rotatable bonds is 6. The van der Waals surface area contributed by atoms with Gasteiger partial charge in [-0.15, -0.1) is 0 Å². The molecule has 1 amide bonds. The normalized spacial score (nSPS) is 22.9. The molecular formula is C23H27FN4O4. The standard InChI is InChI=1S/C23H27FN4O4/c1-4-16-11-31-22(12-30-16)21-9-19(28-32-21)18-8-20(27-14(3)26-18)23(29)25-10-15-5-6-17(24)13(2)7-15/h5-8,16,21-22H,4,9-12H2,1-3H3,(H,25,29). The molecule has 32 heavy (non-hydrogen) atoms. The highest BCUT2D eigenvalue weighted by atomic mass is 19.1. The fourth-order valence-corrected chi connectivity index (χ4v) is 3.68. The maximum Gasteiger partial charge on any atom is 0.270 e. The summed E-state index contributed by atoms with van der Waals surface area (Å²) in [5.41, 5.74) is 2.76. The summed E-state index contributed by atoms with van der Waals surface area (Å²) < 4.78 is 25.1. The van der Waals surface area contributed by atoms with E-state index in [0.717, 1.165) is 12.0 Å². The Balaban J connectivity index is 1.39. The van der Waals surface area contributed by atoms with Crippen molar-refractivity contribution < 1.29 is 23.5 Å². The van der Waals surface area contributed by atoms with Crippen LogP contribution in [0.1, 0.15) is 52.9 Å². The van der Waals surface area contributed by atoms with Crippen molar-refractivity contribution in [2.45, 2.75) is 58.5 Å². The second kappa shape index (κ2) is 9.70. The molecule has 1 saturated heterocycles. The van der Waals surface area contributed by atoms with E-state index in [4.69, 9.17) is 14.3 Å². The van der Waals surface area contributed by atoms with Crippen LogP contribution in [0.4, 0.5) is 4.39 Å². The maximum atomic E-state index is 13.4. The van der Waals surface area contributed by atoms with Gasteiger partial charge >= 0.3 is 0 Å². The van der Waals surface area contributed by atoms with Crippen molar-refractivity contribution in [1.82, 2.24) is 15.3 Å². The Morgan fingerprint density at radius 3 is 2.72 bits per heavy atom. The highest BCUT2D eigenvalue weighted by molar-refractivity contribution is 6.02. The van der Waals surface area contributed by atoms with Crippen molar-refractivity contribution in [1.29, 1.82) is 0 Å². The molecule has 9 heteroatoms. The quantitative estimate of drug-likeness (QED) is 0.739. The maximum absolute atomic E-state index is 13.4. The number of benzene rings is 1. The number of ether oxygens (including phenoxy) is 2. The van der Waals surface area contributed by atoms with Crippen LogP contribution in [0.15, 0.2) is 29.4 Å². The van der Waals surface area contributed by atoms with Gasteiger partial charge < -0.3 is 19.6 Å². The van der Waals surface area contributed by atoms with Crippen molar-refractivity contribution in [2.75, 3.05) is 13.2 Å². The molecule has 2 aliphatic heterocycles. The molecule has 1 N–H and O–H groups in total. The Morgan fingerprint density at radius 2 is 2.00 bits per heavy atom. The Bertz CT molecular complexity index is 1020. The van der Waals surface area contributed by atoms with E-state index in [9.17, 15) is 9.18 Å². The Labute approximate surface area is 186 Å². The number of aromatic nitrogens is 2. The van der Waals surface area contributed by atoms with Gasteiger partial charge in [-0.3, -0.25) is 4.79 Å². The van der Waals surface area contributed by atoms with Gasteiger partial charge in [0, 0.05) is 13.0 Å². The molecule has 1 aromatic carbocycles. The summed E-state index contributed by atoms with van der Waals surface area (Å²) in [5.74, 6) is -0.159. The fraction of sp³-hybridized carbons (Fsp3) is 0.478. The number of halogens is 1. The molecule has 8 nitrogen and oxygen atoms in total. The Hall–Kier alpha value is -2.91. The molecule has 0 saturated carbocycles. The summed E-state index contributed by atoms with van der Waals surface area (Å²) in [6.45, 7) is 6.74. The summed E-state index contributed by atoms with van der Waals surface area (Å²) in [6, 6.07) is 6.34. The molecule has 0 bridgehead atoms. The van der Waals surface area contributed by atoms with E-state index in [-0.39, 0.29) is 42.3 Å². The zero-order valence-electron chi connectivity index (χ0n) is 18.4. The van der Waals surface area contributed by atoms with Crippen LogP contribution < -0.4 is 5.32 Å². The molecule has 1 fully saturated rings. The molecule has 0 spiro atoms. The van der Waals surface area contributed by atoms with E-state index in [2.05, 4.69) is 27.4 Å². The molecule has 2 aliphatic rings. The van der Waals surface area contributed by atoms with E-state index >= 15 is 0 Å². The number of amides is 1. The average molecular weight is 442 g/mol. The van der Waals surface area contributed by atoms with Gasteiger partial charge in [-0.05, 0) is 43.5 Å². The first kappa shape index (κ1) is 22.3. The predicted octanol–water partition coefficient (Wildman–Crippen LogP) is 2.85. The predicted molar refractivity (Wildman–Crippen MR) is 115 cm³/mol. The monoisotopic (exact) mass is 442 g/mol. The number of nitrogens with one attached hydrogen (secondary N) is 1. The number of carbonyl (C=O) groups is 1. The van der Waals surface area contributed by atoms with Gasteiger partial charge in [-0.2, -0.15) is 0 Å². The smallest absolute Gasteiger partial charge is 0.270 e. The molecule has 0 radical (unpaired) electrons. The molecule has 2 aromatic rings. The van der Waals surface area contributed by atoms with Crippen LogP contribution in [0.25, 0.3) is 0 Å². The van der Waals surface area contributed by atoms with Gasteiger partial charge in [-0.25, -0.2) is 14.4 Å². The first-order valence-corrected chi connectivity index (χ1v) is 10.8. The lowest BCUT2D eigenvalue weighted by Crippen LogP contribution is -2.42. The second-order valence-electron chi connectivity index (χ2n) is 8.07. The topological polar surface area (TPSA) is 94.9 Å². The molecule has 3 atom stereocenters. The van der Waals surface area contributed by atoms with Crippen molar-refractivity contribution in [3.8, 4) is 0 Å². The van der Waals surface area contributed by atoms with Crippen LogP contribution in [0.5, 0.6) is 0 Å². The third-order valence-corrected chi connectivity index (χ3v) is 5.60. The summed E-state index contributed by atoms with van der Waals surface area (Å²) in [6.07, 6.45) is 1.10. The number of hydrogen-bond acceptors (Lipinski definition) is 7. The molecule has 3 unspecified atom stereocenters. The minimum Gasteiger partial charge on any atom is -0.389 e. The summed E-state index contributed by atoms with van der Waals surface area (Å²) in [4.78, 5) is 26.9. The number of oxime groups is 1. The lowest BCUT2D eigenvalue weighted by atomic mass is 10.0. The van der Waals surface area contributed by atoms with Gasteiger partial charge in [-0.1, -0.05) is 24.2 Å². The summed E-state index contributed by atoms with van der Waals surface area (Å²) >= 11 is 0. The molecule has 0 aliphatic carbocycles. The van der Waals surface area contributed by atoms with Gasteiger partial charge in [0.05, 0.1) is 25.0 Å². The minimum absolute atomic E-state index is 0.123. The molecule has 3 heterocycles. The zero-order chi connectivity index (χ0) is 22.7. The third-order valence-electron chi connectivity index (χ3n) is 5.60. The van der Waals surface area contributed by atoms with E-state index in [1.165, 1.54) is 6.07 Å².